The predicted octanol–water partition coefficient (Wildman–Crippen LogP) is 2.29. The Kier molecular flexibility index (Phi) is 4.13. The quantitative estimate of drug-likeness (QED) is 0.847. The summed E-state index contributed by atoms with van der Waals surface area (Å²) in [5.41, 5.74) is 2.52. The Bertz CT molecular complexity index is 892. The van der Waals surface area contributed by atoms with Crippen molar-refractivity contribution in [3.05, 3.63) is 45.2 Å². The number of aliphatic carboxylic acids is 2. The number of pyridine rings is 1. The van der Waals surface area contributed by atoms with Gasteiger partial charge in [-0.15, -0.1) is 0 Å². The molecule has 6 heteroatoms. The smallest absolute Gasteiger partial charge is 0.307 e. The van der Waals surface area contributed by atoms with Crippen molar-refractivity contribution in [2.24, 2.45) is 0 Å². The molecule has 1 aromatic heterocycles. The Labute approximate surface area is 138 Å². The molecule has 1 aliphatic carbocycles. The molecular formula is C18H19NO5. The SMILES string of the molecule is Cc1c(CCC(=O)O)c(=O)c2cc(CC(=O)O)ccc2n1C1CC1. The number of nitrogens with zero attached hydrogens (tertiary/aromatic N) is 1. The van der Waals surface area contributed by atoms with Crippen molar-refractivity contribution in [2.45, 2.75) is 45.1 Å². The van der Waals surface area contributed by atoms with Crippen LogP contribution in [0.1, 0.15) is 42.1 Å². The zero-order valence-electron chi connectivity index (χ0n) is 13.4. The van der Waals surface area contributed by atoms with E-state index in [0.717, 1.165) is 24.1 Å². The lowest BCUT2D eigenvalue weighted by Gasteiger charge is -2.18. The average Bonchev–Trinajstić information content (AvgIpc) is 3.31. The lowest BCUT2D eigenvalue weighted by atomic mass is 10.0. The summed E-state index contributed by atoms with van der Waals surface area (Å²) in [7, 11) is 0. The van der Waals surface area contributed by atoms with E-state index >= 15 is 0 Å². The first kappa shape index (κ1) is 16.2. The van der Waals surface area contributed by atoms with Gasteiger partial charge in [0.2, 0.25) is 0 Å². The molecule has 2 N–H and O–H groups in total. The highest BCUT2D eigenvalue weighted by molar-refractivity contribution is 5.83. The number of hydrogen-bond acceptors (Lipinski definition) is 3. The van der Waals surface area contributed by atoms with Gasteiger partial charge in [-0.2, -0.15) is 0 Å². The summed E-state index contributed by atoms with van der Waals surface area (Å²) in [4.78, 5) is 34.7. The van der Waals surface area contributed by atoms with Crippen LogP contribution in [0, 0.1) is 6.92 Å². The van der Waals surface area contributed by atoms with Crippen LogP contribution in [-0.2, 0) is 22.4 Å². The summed E-state index contributed by atoms with van der Waals surface area (Å²) in [5.74, 6) is -1.89. The number of carboxylic acids is 2. The first-order valence-electron chi connectivity index (χ1n) is 7.98. The van der Waals surface area contributed by atoms with Gasteiger partial charge in [-0.05, 0) is 43.9 Å². The van der Waals surface area contributed by atoms with Crippen molar-refractivity contribution in [2.75, 3.05) is 0 Å². The number of benzene rings is 1. The predicted molar refractivity (Wildman–Crippen MR) is 88.5 cm³/mol. The first-order chi connectivity index (χ1) is 11.4. The van der Waals surface area contributed by atoms with E-state index in [4.69, 9.17) is 10.2 Å². The summed E-state index contributed by atoms with van der Waals surface area (Å²) < 4.78 is 2.11. The van der Waals surface area contributed by atoms with E-state index in [1.807, 2.05) is 6.92 Å². The van der Waals surface area contributed by atoms with Gasteiger partial charge in [0.1, 0.15) is 0 Å². The molecule has 1 saturated carbocycles. The maximum absolute atomic E-state index is 12.8. The van der Waals surface area contributed by atoms with Gasteiger partial charge in [-0.1, -0.05) is 6.07 Å². The van der Waals surface area contributed by atoms with E-state index in [9.17, 15) is 14.4 Å². The van der Waals surface area contributed by atoms with Gasteiger partial charge in [0, 0.05) is 29.1 Å². The highest BCUT2D eigenvalue weighted by Crippen LogP contribution is 2.38. The van der Waals surface area contributed by atoms with Gasteiger partial charge in [-0.25, -0.2) is 0 Å². The molecule has 1 heterocycles. The number of hydrogen-bond donors (Lipinski definition) is 2. The van der Waals surface area contributed by atoms with Crippen LogP contribution in [0.3, 0.4) is 0 Å². The average molecular weight is 329 g/mol. The third-order valence-corrected chi connectivity index (χ3v) is 4.49. The normalized spacial score (nSPS) is 14.0. The zero-order chi connectivity index (χ0) is 17.4. The molecule has 1 aliphatic rings. The molecule has 6 nitrogen and oxygen atoms in total. The standard InChI is InChI=1S/C18H19NO5/c1-10-13(5-7-16(20)21)18(24)14-8-11(9-17(22)23)2-6-15(14)19(10)12-3-4-12/h2,6,8,12H,3-5,7,9H2,1H3,(H,20,21)(H,22,23). The van der Waals surface area contributed by atoms with Crippen LogP contribution in [-0.4, -0.2) is 26.7 Å². The number of carboxylic acid groups (broad SMARTS) is 2. The number of rotatable bonds is 6. The summed E-state index contributed by atoms with van der Waals surface area (Å²) in [6.45, 7) is 1.86. The number of aromatic nitrogens is 1. The number of carbonyl (C=O) groups is 2. The monoisotopic (exact) mass is 329 g/mol. The molecule has 0 radical (unpaired) electrons. The Hall–Kier alpha value is -2.63. The fourth-order valence-electron chi connectivity index (χ4n) is 3.24. The molecule has 1 aromatic carbocycles. The Balaban J connectivity index is 2.21. The van der Waals surface area contributed by atoms with Crippen LogP contribution in [0.25, 0.3) is 10.9 Å². The lowest BCUT2D eigenvalue weighted by Crippen LogP contribution is -2.20. The molecule has 2 aromatic rings. The minimum Gasteiger partial charge on any atom is -0.481 e. The summed E-state index contributed by atoms with van der Waals surface area (Å²) in [6.07, 6.45) is 2.02. The fraction of sp³-hybridized carbons (Fsp3) is 0.389. The van der Waals surface area contributed by atoms with E-state index in [0.29, 0.717) is 22.6 Å². The van der Waals surface area contributed by atoms with Gasteiger partial charge in [0.15, 0.2) is 5.43 Å². The van der Waals surface area contributed by atoms with Crippen molar-refractivity contribution < 1.29 is 19.8 Å². The van der Waals surface area contributed by atoms with E-state index in [2.05, 4.69) is 4.57 Å². The third-order valence-electron chi connectivity index (χ3n) is 4.49. The molecule has 1 fully saturated rings. The number of fused-ring (bicyclic) bond motifs is 1. The van der Waals surface area contributed by atoms with Crippen molar-refractivity contribution in [1.82, 2.24) is 4.57 Å². The van der Waals surface area contributed by atoms with Crippen LogP contribution in [0.4, 0.5) is 0 Å². The molecule has 0 amide bonds. The van der Waals surface area contributed by atoms with Gasteiger partial charge in [0.05, 0.1) is 11.9 Å². The van der Waals surface area contributed by atoms with Gasteiger partial charge >= 0.3 is 11.9 Å². The van der Waals surface area contributed by atoms with Crippen molar-refractivity contribution >= 4 is 22.8 Å². The summed E-state index contributed by atoms with van der Waals surface area (Å²) in [6, 6.07) is 5.52. The van der Waals surface area contributed by atoms with Gasteiger partial charge in [-0.3, -0.25) is 14.4 Å². The van der Waals surface area contributed by atoms with Gasteiger partial charge < -0.3 is 14.8 Å². The minimum atomic E-state index is -0.949. The van der Waals surface area contributed by atoms with Crippen LogP contribution >= 0.6 is 0 Å². The lowest BCUT2D eigenvalue weighted by molar-refractivity contribution is -0.137. The maximum atomic E-state index is 12.8. The van der Waals surface area contributed by atoms with Crippen molar-refractivity contribution in [3.8, 4) is 0 Å². The van der Waals surface area contributed by atoms with Crippen LogP contribution in [0.15, 0.2) is 23.0 Å². The second kappa shape index (κ2) is 6.11. The second-order valence-corrected chi connectivity index (χ2v) is 6.31. The highest BCUT2D eigenvalue weighted by atomic mass is 16.4. The highest BCUT2D eigenvalue weighted by Gasteiger charge is 2.28. The van der Waals surface area contributed by atoms with Crippen molar-refractivity contribution in [1.29, 1.82) is 0 Å². The maximum Gasteiger partial charge on any atom is 0.307 e. The van der Waals surface area contributed by atoms with E-state index in [1.165, 1.54) is 0 Å². The molecule has 24 heavy (non-hydrogen) atoms. The Morgan fingerprint density at radius 2 is 1.92 bits per heavy atom. The largest absolute Gasteiger partial charge is 0.481 e. The molecule has 3 rings (SSSR count). The molecule has 0 aliphatic heterocycles. The van der Waals surface area contributed by atoms with Crippen LogP contribution in [0.2, 0.25) is 0 Å². The van der Waals surface area contributed by atoms with E-state index in [-0.39, 0.29) is 24.7 Å². The molecular weight excluding hydrogens is 310 g/mol. The van der Waals surface area contributed by atoms with Crippen LogP contribution < -0.4 is 5.43 Å². The Morgan fingerprint density at radius 1 is 1.21 bits per heavy atom. The van der Waals surface area contributed by atoms with Gasteiger partial charge in [0.25, 0.3) is 0 Å². The van der Waals surface area contributed by atoms with Crippen LogP contribution in [0.5, 0.6) is 0 Å². The van der Waals surface area contributed by atoms with Crippen molar-refractivity contribution in [3.63, 3.8) is 0 Å². The molecule has 0 atom stereocenters. The topological polar surface area (TPSA) is 96.6 Å². The second-order valence-electron chi connectivity index (χ2n) is 6.31. The third kappa shape index (κ3) is 3.04. The molecule has 0 spiro atoms. The first-order valence-corrected chi connectivity index (χ1v) is 7.98. The zero-order valence-corrected chi connectivity index (χ0v) is 13.4. The van der Waals surface area contributed by atoms with E-state index in [1.54, 1.807) is 18.2 Å². The molecule has 126 valence electrons. The molecule has 0 saturated heterocycles. The summed E-state index contributed by atoms with van der Waals surface area (Å²) in [5, 5.41) is 18.4. The minimum absolute atomic E-state index is 0.0962. The fourth-order valence-corrected chi connectivity index (χ4v) is 3.24. The molecule has 0 unspecified atom stereocenters. The summed E-state index contributed by atoms with van der Waals surface area (Å²) >= 11 is 0. The van der Waals surface area contributed by atoms with E-state index < -0.39 is 11.9 Å². The molecule has 0 bridgehead atoms. The Morgan fingerprint density at radius 3 is 2.50 bits per heavy atom.